The van der Waals surface area contributed by atoms with Crippen molar-refractivity contribution < 1.29 is 9.21 Å². The molecule has 0 aliphatic rings. The minimum atomic E-state index is -0.0414. The van der Waals surface area contributed by atoms with Crippen LogP contribution >= 0.6 is 11.3 Å². The molecule has 1 aromatic carbocycles. The quantitative estimate of drug-likeness (QED) is 0.575. The third kappa shape index (κ3) is 4.63. The molecule has 1 amide bonds. The van der Waals surface area contributed by atoms with Gasteiger partial charge in [-0.05, 0) is 34.4 Å². The zero-order valence-electron chi connectivity index (χ0n) is 16.2. The van der Waals surface area contributed by atoms with Crippen LogP contribution in [0.5, 0.6) is 0 Å². The van der Waals surface area contributed by atoms with Crippen molar-refractivity contribution in [2.45, 2.75) is 52.4 Å². The summed E-state index contributed by atoms with van der Waals surface area (Å²) in [6.07, 6.45) is 0.721. The van der Waals surface area contributed by atoms with E-state index in [1.54, 1.807) is 11.3 Å². The first-order valence-corrected chi connectivity index (χ1v) is 10.2. The maximum atomic E-state index is 12.6. The topological polar surface area (TPSA) is 68.0 Å². The summed E-state index contributed by atoms with van der Waals surface area (Å²) in [5.74, 6) is 1.61. The molecule has 27 heavy (non-hydrogen) atoms. The average molecular weight is 384 g/mol. The highest BCUT2D eigenvalue weighted by Crippen LogP contribution is 2.32. The van der Waals surface area contributed by atoms with Crippen molar-refractivity contribution >= 4 is 22.9 Å². The van der Waals surface area contributed by atoms with Gasteiger partial charge in [0.05, 0.1) is 0 Å². The summed E-state index contributed by atoms with van der Waals surface area (Å²) >= 11 is 1.58. The average Bonchev–Trinajstić information content (AvgIpc) is 3.31. The Labute approximate surface area is 163 Å². The van der Waals surface area contributed by atoms with E-state index in [1.165, 1.54) is 0 Å². The van der Waals surface area contributed by atoms with Crippen LogP contribution in [-0.4, -0.2) is 16.1 Å². The summed E-state index contributed by atoms with van der Waals surface area (Å²) in [6.45, 7) is 8.55. The summed E-state index contributed by atoms with van der Waals surface area (Å²) < 4.78 is 5.66. The number of para-hydroxylation sites is 1. The Morgan fingerprint density at radius 2 is 1.81 bits per heavy atom. The van der Waals surface area contributed by atoms with Gasteiger partial charge in [-0.1, -0.05) is 45.9 Å². The van der Waals surface area contributed by atoms with E-state index in [1.807, 2.05) is 16.8 Å². The van der Waals surface area contributed by atoms with Crippen molar-refractivity contribution in [1.29, 1.82) is 0 Å². The second kappa shape index (κ2) is 8.48. The van der Waals surface area contributed by atoms with E-state index in [4.69, 9.17) is 4.42 Å². The fraction of sp³-hybridized carbons (Fsp3) is 0.381. The molecule has 0 bridgehead atoms. The minimum absolute atomic E-state index is 0.0414. The molecule has 0 aliphatic heterocycles. The molecule has 2 aromatic heterocycles. The Kier molecular flexibility index (Phi) is 6.06. The molecule has 0 fully saturated rings. The number of nitrogens with one attached hydrogen (secondary N) is 1. The second-order valence-corrected chi connectivity index (χ2v) is 7.96. The van der Waals surface area contributed by atoms with Crippen LogP contribution in [0.15, 0.2) is 39.4 Å². The van der Waals surface area contributed by atoms with Crippen molar-refractivity contribution in [1.82, 2.24) is 10.2 Å². The van der Waals surface area contributed by atoms with Crippen LogP contribution in [0.25, 0.3) is 11.5 Å². The molecule has 142 valence electrons. The van der Waals surface area contributed by atoms with E-state index in [9.17, 15) is 4.79 Å². The molecule has 0 aliphatic carbocycles. The summed E-state index contributed by atoms with van der Waals surface area (Å²) in [5.41, 5.74) is 4.17. The number of anilines is 1. The number of carbonyl (C=O) groups is 1. The van der Waals surface area contributed by atoms with Crippen molar-refractivity contribution in [3.63, 3.8) is 0 Å². The van der Waals surface area contributed by atoms with E-state index in [0.717, 1.165) is 22.4 Å². The Morgan fingerprint density at radius 1 is 1.11 bits per heavy atom. The molecule has 0 radical (unpaired) electrons. The van der Waals surface area contributed by atoms with Gasteiger partial charge >= 0.3 is 0 Å². The van der Waals surface area contributed by atoms with E-state index in [0.29, 0.717) is 36.5 Å². The molecule has 0 spiro atoms. The van der Waals surface area contributed by atoms with Gasteiger partial charge in [0.1, 0.15) is 0 Å². The lowest BCUT2D eigenvalue weighted by molar-refractivity contribution is -0.116. The molecular weight excluding hydrogens is 358 g/mol. The normalized spacial score (nSPS) is 11.3. The van der Waals surface area contributed by atoms with Crippen LogP contribution in [0.2, 0.25) is 0 Å². The molecule has 0 saturated heterocycles. The largest absolute Gasteiger partial charge is 0.421 e. The number of rotatable bonds is 7. The SMILES string of the molecule is CC(C)c1cccc(C(C)C)c1NC(=O)CCc1nnc(-c2ccsc2)o1. The Balaban J connectivity index is 1.68. The molecule has 5 nitrogen and oxygen atoms in total. The van der Waals surface area contributed by atoms with Gasteiger partial charge in [0.15, 0.2) is 0 Å². The van der Waals surface area contributed by atoms with Crippen LogP contribution in [0.3, 0.4) is 0 Å². The summed E-state index contributed by atoms with van der Waals surface area (Å²) in [4.78, 5) is 12.6. The monoisotopic (exact) mass is 383 g/mol. The molecular formula is C21H25N3O2S. The molecule has 3 aromatic rings. The highest BCUT2D eigenvalue weighted by atomic mass is 32.1. The first kappa shape index (κ1) is 19.3. The van der Waals surface area contributed by atoms with Gasteiger partial charge in [0, 0.05) is 29.5 Å². The number of carbonyl (C=O) groups excluding carboxylic acids is 1. The molecule has 3 rings (SSSR count). The predicted octanol–water partition coefficient (Wildman–Crippen LogP) is 5.62. The van der Waals surface area contributed by atoms with Crippen LogP contribution < -0.4 is 5.32 Å². The lowest BCUT2D eigenvalue weighted by Crippen LogP contribution is -2.16. The van der Waals surface area contributed by atoms with E-state index < -0.39 is 0 Å². The highest BCUT2D eigenvalue weighted by Gasteiger charge is 2.17. The van der Waals surface area contributed by atoms with E-state index in [2.05, 4.69) is 61.4 Å². The summed E-state index contributed by atoms with van der Waals surface area (Å²) in [5, 5.41) is 15.1. The Hall–Kier alpha value is -2.47. The van der Waals surface area contributed by atoms with Gasteiger partial charge in [0.2, 0.25) is 17.7 Å². The molecule has 6 heteroatoms. The molecule has 0 atom stereocenters. The number of aromatic nitrogens is 2. The fourth-order valence-corrected chi connectivity index (χ4v) is 3.60. The van der Waals surface area contributed by atoms with Crippen molar-refractivity contribution in [3.05, 3.63) is 52.0 Å². The Bertz CT molecular complexity index is 872. The number of benzene rings is 1. The first-order chi connectivity index (χ1) is 13.0. The predicted molar refractivity (Wildman–Crippen MR) is 109 cm³/mol. The van der Waals surface area contributed by atoms with Gasteiger partial charge in [-0.25, -0.2) is 0 Å². The first-order valence-electron chi connectivity index (χ1n) is 9.23. The van der Waals surface area contributed by atoms with Gasteiger partial charge in [0.25, 0.3) is 0 Å². The molecule has 2 heterocycles. The Morgan fingerprint density at radius 3 is 2.41 bits per heavy atom. The number of hydrogen-bond donors (Lipinski definition) is 1. The maximum absolute atomic E-state index is 12.6. The third-order valence-electron chi connectivity index (χ3n) is 4.44. The number of amides is 1. The molecule has 0 saturated carbocycles. The van der Waals surface area contributed by atoms with Gasteiger partial charge < -0.3 is 9.73 Å². The van der Waals surface area contributed by atoms with Crippen LogP contribution in [0, 0.1) is 0 Å². The zero-order valence-corrected chi connectivity index (χ0v) is 17.0. The number of aryl methyl sites for hydroxylation is 1. The maximum Gasteiger partial charge on any atom is 0.248 e. The van der Waals surface area contributed by atoms with Crippen molar-refractivity contribution in [2.75, 3.05) is 5.32 Å². The smallest absolute Gasteiger partial charge is 0.248 e. The summed E-state index contributed by atoms with van der Waals surface area (Å²) in [7, 11) is 0. The highest BCUT2D eigenvalue weighted by molar-refractivity contribution is 7.08. The van der Waals surface area contributed by atoms with Crippen LogP contribution in [0.4, 0.5) is 5.69 Å². The van der Waals surface area contributed by atoms with E-state index in [-0.39, 0.29) is 5.91 Å². The molecule has 1 N–H and O–H groups in total. The standard InChI is InChI=1S/C21H25N3O2S/c1-13(2)16-6-5-7-17(14(3)4)20(16)22-18(25)8-9-19-23-24-21(26-19)15-10-11-27-12-15/h5-7,10-14H,8-9H2,1-4H3,(H,22,25). The molecule has 0 unspecified atom stereocenters. The zero-order chi connectivity index (χ0) is 19.4. The van der Waals surface area contributed by atoms with Crippen LogP contribution in [-0.2, 0) is 11.2 Å². The third-order valence-corrected chi connectivity index (χ3v) is 5.12. The van der Waals surface area contributed by atoms with Crippen molar-refractivity contribution in [2.24, 2.45) is 0 Å². The van der Waals surface area contributed by atoms with Gasteiger partial charge in [-0.2, -0.15) is 11.3 Å². The lowest BCUT2D eigenvalue weighted by Gasteiger charge is -2.20. The van der Waals surface area contributed by atoms with Gasteiger partial charge in [-0.15, -0.1) is 10.2 Å². The minimum Gasteiger partial charge on any atom is -0.421 e. The fourth-order valence-electron chi connectivity index (χ4n) is 2.98. The van der Waals surface area contributed by atoms with E-state index >= 15 is 0 Å². The lowest BCUT2D eigenvalue weighted by atomic mass is 9.92. The van der Waals surface area contributed by atoms with Crippen molar-refractivity contribution in [3.8, 4) is 11.5 Å². The van der Waals surface area contributed by atoms with Crippen LogP contribution in [0.1, 0.15) is 63.0 Å². The number of nitrogens with zero attached hydrogens (tertiary/aromatic N) is 2. The van der Waals surface area contributed by atoms with Gasteiger partial charge in [-0.3, -0.25) is 4.79 Å². The summed E-state index contributed by atoms with van der Waals surface area (Å²) in [6, 6.07) is 8.16. The number of thiophene rings is 1. The number of hydrogen-bond acceptors (Lipinski definition) is 5. The second-order valence-electron chi connectivity index (χ2n) is 7.18.